The second kappa shape index (κ2) is 8.77. The van der Waals surface area contributed by atoms with Crippen molar-refractivity contribution in [3.8, 4) is 0 Å². The number of thiazole rings is 1. The van der Waals surface area contributed by atoms with E-state index < -0.39 is 0 Å². The van der Waals surface area contributed by atoms with Crippen LogP contribution in [0.15, 0.2) is 48.5 Å². The Morgan fingerprint density at radius 1 is 1.11 bits per heavy atom. The smallest absolute Gasteiger partial charge is 0.222 e. The van der Waals surface area contributed by atoms with Gasteiger partial charge in [-0.15, -0.1) is 11.3 Å². The van der Waals surface area contributed by atoms with E-state index in [4.69, 9.17) is 0 Å². The SMILES string of the molecule is CC(=O)NC(CC(=O)NCCc1nc2ccccc2s1)c1ccc(C)cc1. The molecule has 0 saturated carbocycles. The lowest BCUT2D eigenvalue weighted by atomic mass is 10.0. The number of carbonyl (C=O) groups is 2. The fraction of sp³-hybridized carbons (Fsp3) is 0.286. The van der Waals surface area contributed by atoms with Gasteiger partial charge in [0, 0.05) is 19.9 Å². The third-order valence-electron chi connectivity index (χ3n) is 4.25. The van der Waals surface area contributed by atoms with E-state index in [9.17, 15) is 9.59 Å². The summed E-state index contributed by atoms with van der Waals surface area (Å²) in [7, 11) is 0. The lowest BCUT2D eigenvalue weighted by Gasteiger charge is -2.18. The maximum absolute atomic E-state index is 12.4. The van der Waals surface area contributed by atoms with Gasteiger partial charge in [-0.2, -0.15) is 0 Å². The number of nitrogens with zero attached hydrogens (tertiary/aromatic N) is 1. The van der Waals surface area contributed by atoms with Crippen LogP contribution in [0.2, 0.25) is 0 Å². The zero-order valence-corrected chi connectivity index (χ0v) is 16.3. The predicted octanol–water partition coefficient (Wildman–Crippen LogP) is 3.53. The number of nitrogens with one attached hydrogen (secondary N) is 2. The van der Waals surface area contributed by atoms with Crippen LogP contribution < -0.4 is 10.6 Å². The van der Waals surface area contributed by atoms with Gasteiger partial charge in [-0.3, -0.25) is 9.59 Å². The molecule has 140 valence electrons. The molecule has 1 atom stereocenters. The fourth-order valence-electron chi connectivity index (χ4n) is 2.89. The molecule has 0 saturated heterocycles. The largest absolute Gasteiger partial charge is 0.356 e. The molecule has 0 spiro atoms. The minimum Gasteiger partial charge on any atom is -0.356 e. The van der Waals surface area contributed by atoms with E-state index >= 15 is 0 Å². The second-order valence-corrected chi connectivity index (χ2v) is 7.66. The highest BCUT2D eigenvalue weighted by Crippen LogP contribution is 2.21. The van der Waals surface area contributed by atoms with Crippen LogP contribution in [-0.2, 0) is 16.0 Å². The zero-order valence-electron chi connectivity index (χ0n) is 15.5. The van der Waals surface area contributed by atoms with Gasteiger partial charge in [-0.1, -0.05) is 42.0 Å². The van der Waals surface area contributed by atoms with Crippen LogP contribution in [0, 0.1) is 6.92 Å². The quantitative estimate of drug-likeness (QED) is 0.658. The van der Waals surface area contributed by atoms with Crippen molar-refractivity contribution in [2.75, 3.05) is 6.54 Å². The first-order valence-corrected chi connectivity index (χ1v) is 9.78. The Bertz CT molecular complexity index is 901. The van der Waals surface area contributed by atoms with Gasteiger partial charge in [0.1, 0.15) is 0 Å². The Balaban J connectivity index is 1.55. The number of aryl methyl sites for hydroxylation is 1. The molecule has 2 aromatic carbocycles. The molecule has 2 amide bonds. The van der Waals surface area contributed by atoms with E-state index in [1.165, 1.54) is 6.92 Å². The molecule has 0 radical (unpaired) electrons. The summed E-state index contributed by atoms with van der Waals surface area (Å²) < 4.78 is 1.16. The Morgan fingerprint density at radius 2 is 1.85 bits per heavy atom. The van der Waals surface area contributed by atoms with E-state index in [0.717, 1.165) is 26.4 Å². The lowest BCUT2D eigenvalue weighted by Crippen LogP contribution is -2.33. The third-order valence-corrected chi connectivity index (χ3v) is 5.34. The molecule has 2 N–H and O–H groups in total. The Kier molecular flexibility index (Phi) is 6.19. The van der Waals surface area contributed by atoms with E-state index in [0.29, 0.717) is 13.0 Å². The van der Waals surface area contributed by atoms with Gasteiger partial charge in [0.2, 0.25) is 11.8 Å². The van der Waals surface area contributed by atoms with Gasteiger partial charge in [0.05, 0.1) is 27.7 Å². The van der Waals surface area contributed by atoms with Crippen LogP contribution >= 0.6 is 11.3 Å². The molecule has 0 aliphatic rings. The summed E-state index contributed by atoms with van der Waals surface area (Å²) in [6.07, 6.45) is 0.906. The van der Waals surface area contributed by atoms with E-state index in [2.05, 4.69) is 21.7 Å². The van der Waals surface area contributed by atoms with Crippen LogP contribution in [0.3, 0.4) is 0 Å². The highest BCUT2D eigenvalue weighted by molar-refractivity contribution is 7.18. The average molecular weight is 382 g/mol. The standard InChI is InChI=1S/C21H23N3O2S/c1-14-7-9-16(10-8-14)18(23-15(2)25)13-20(26)22-12-11-21-24-17-5-3-4-6-19(17)27-21/h3-10,18H,11-13H2,1-2H3,(H,22,26)(H,23,25). The first-order chi connectivity index (χ1) is 13.0. The second-order valence-electron chi connectivity index (χ2n) is 6.54. The van der Waals surface area contributed by atoms with Gasteiger partial charge >= 0.3 is 0 Å². The normalized spacial score (nSPS) is 11.9. The van der Waals surface area contributed by atoms with Crippen molar-refractivity contribution in [3.63, 3.8) is 0 Å². The van der Waals surface area contributed by atoms with Gasteiger partial charge in [-0.05, 0) is 24.6 Å². The van der Waals surface area contributed by atoms with Crippen molar-refractivity contribution in [1.82, 2.24) is 15.6 Å². The number of hydrogen-bond acceptors (Lipinski definition) is 4. The first-order valence-electron chi connectivity index (χ1n) is 8.96. The summed E-state index contributed by atoms with van der Waals surface area (Å²) >= 11 is 1.65. The minimum atomic E-state index is -0.328. The molecule has 3 rings (SSSR count). The van der Waals surface area contributed by atoms with Crippen molar-refractivity contribution in [2.45, 2.75) is 32.7 Å². The van der Waals surface area contributed by atoms with Crippen LogP contribution in [0.4, 0.5) is 0 Å². The van der Waals surface area contributed by atoms with Crippen LogP contribution in [0.1, 0.15) is 35.5 Å². The van der Waals surface area contributed by atoms with Crippen molar-refractivity contribution in [1.29, 1.82) is 0 Å². The van der Waals surface area contributed by atoms with Crippen LogP contribution in [0.25, 0.3) is 10.2 Å². The summed E-state index contributed by atoms with van der Waals surface area (Å²) in [5, 5.41) is 6.81. The molecular formula is C21H23N3O2S. The van der Waals surface area contributed by atoms with Gasteiger partial charge in [-0.25, -0.2) is 4.98 Å². The van der Waals surface area contributed by atoms with Gasteiger partial charge < -0.3 is 10.6 Å². The summed E-state index contributed by atoms with van der Waals surface area (Å²) in [5.41, 5.74) is 3.06. The van der Waals surface area contributed by atoms with Crippen LogP contribution in [0.5, 0.6) is 0 Å². The van der Waals surface area contributed by atoms with Gasteiger partial charge in [0.15, 0.2) is 0 Å². The number of hydrogen-bond donors (Lipinski definition) is 2. The molecule has 0 fully saturated rings. The molecule has 5 nitrogen and oxygen atoms in total. The maximum atomic E-state index is 12.4. The number of amides is 2. The number of carbonyl (C=O) groups excluding carboxylic acids is 2. The number of para-hydroxylation sites is 1. The third kappa shape index (κ3) is 5.37. The molecule has 1 aromatic heterocycles. The molecule has 1 unspecified atom stereocenters. The Hall–Kier alpha value is -2.73. The molecular weight excluding hydrogens is 358 g/mol. The lowest BCUT2D eigenvalue weighted by molar-refractivity contribution is -0.122. The number of aromatic nitrogens is 1. The topological polar surface area (TPSA) is 71.1 Å². The van der Waals surface area contributed by atoms with Crippen molar-refractivity contribution in [3.05, 3.63) is 64.7 Å². The van der Waals surface area contributed by atoms with E-state index in [1.807, 2.05) is 49.4 Å². The molecule has 0 aliphatic heterocycles. The monoisotopic (exact) mass is 381 g/mol. The summed E-state index contributed by atoms with van der Waals surface area (Å²) in [4.78, 5) is 28.4. The number of rotatable bonds is 7. The molecule has 3 aromatic rings. The Morgan fingerprint density at radius 3 is 2.56 bits per heavy atom. The van der Waals surface area contributed by atoms with Crippen LogP contribution in [-0.4, -0.2) is 23.3 Å². The molecule has 0 bridgehead atoms. The fourth-order valence-corrected chi connectivity index (χ4v) is 3.86. The van der Waals surface area contributed by atoms with Crippen molar-refractivity contribution in [2.24, 2.45) is 0 Å². The molecule has 0 aliphatic carbocycles. The summed E-state index contributed by atoms with van der Waals surface area (Å²) in [5.74, 6) is -0.238. The number of benzene rings is 2. The zero-order chi connectivity index (χ0) is 19.2. The highest BCUT2D eigenvalue weighted by Gasteiger charge is 2.17. The number of fused-ring (bicyclic) bond motifs is 1. The summed E-state index contributed by atoms with van der Waals surface area (Å²) in [6, 6.07) is 15.5. The summed E-state index contributed by atoms with van der Waals surface area (Å²) in [6.45, 7) is 4.00. The minimum absolute atomic E-state index is 0.0876. The van der Waals surface area contributed by atoms with E-state index in [1.54, 1.807) is 11.3 Å². The predicted molar refractivity (Wildman–Crippen MR) is 109 cm³/mol. The first kappa shape index (κ1) is 19.0. The Labute approximate surface area is 162 Å². The average Bonchev–Trinajstić information content (AvgIpc) is 3.04. The van der Waals surface area contributed by atoms with E-state index in [-0.39, 0.29) is 24.3 Å². The molecule has 27 heavy (non-hydrogen) atoms. The maximum Gasteiger partial charge on any atom is 0.222 e. The molecule has 1 heterocycles. The van der Waals surface area contributed by atoms with Crippen molar-refractivity contribution < 1.29 is 9.59 Å². The van der Waals surface area contributed by atoms with Crippen molar-refractivity contribution >= 4 is 33.4 Å². The highest BCUT2D eigenvalue weighted by atomic mass is 32.1. The molecule has 6 heteroatoms. The van der Waals surface area contributed by atoms with Gasteiger partial charge in [0.25, 0.3) is 0 Å².